The number of ether oxygens (including phenoxy) is 2. The average Bonchev–Trinajstić information content (AvgIpc) is 3.25. The molecule has 0 aromatic carbocycles. The Bertz CT molecular complexity index is 523. The van der Waals surface area contributed by atoms with Gasteiger partial charge < -0.3 is 14.6 Å². The van der Waals surface area contributed by atoms with E-state index in [1.807, 2.05) is 0 Å². The first-order chi connectivity index (χ1) is 12.1. The van der Waals surface area contributed by atoms with Crippen LogP contribution in [0.4, 0.5) is 0 Å². The lowest BCUT2D eigenvalue weighted by molar-refractivity contribution is -0.185. The molecule has 1 N–H and O–H groups in total. The SMILES string of the molecule is C[C@@H]1CCC2=C(C3(CC2)SCCS3)[C@]1(C)[C@@H](O)CCC1OCCCO1. The third-order valence-electron chi connectivity index (χ3n) is 6.95. The maximum Gasteiger partial charge on any atom is 0.157 e. The van der Waals surface area contributed by atoms with Crippen molar-refractivity contribution in [1.29, 1.82) is 0 Å². The van der Waals surface area contributed by atoms with Crippen LogP contribution in [-0.4, -0.2) is 46.3 Å². The normalized spacial score (nSPS) is 36.8. The highest BCUT2D eigenvalue weighted by molar-refractivity contribution is 8.21. The molecule has 5 heteroatoms. The number of fused-ring (bicyclic) bond motifs is 1. The van der Waals surface area contributed by atoms with Crippen molar-refractivity contribution in [2.24, 2.45) is 11.3 Å². The summed E-state index contributed by atoms with van der Waals surface area (Å²) in [7, 11) is 0. The van der Waals surface area contributed by atoms with Crippen molar-refractivity contribution in [3.8, 4) is 0 Å². The molecule has 3 nitrogen and oxygen atoms in total. The highest BCUT2D eigenvalue weighted by Crippen LogP contribution is 2.66. The lowest BCUT2D eigenvalue weighted by atomic mass is 9.61. The molecule has 4 rings (SSSR count). The second-order valence-corrected chi connectivity index (χ2v) is 11.3. The van der Waals surface area contributed by atoms with Gasteiger partial charge >= 0.3 is 0 Å². The molecule has 1 spiro atoms. The molecule has 0 radical (unpaired) electrons. The summed E-state index contributed by atoms with van der Waals surface area (Å²) >= 11 is 4.30. The van der Waals surface area contributed by atoms with Crippen LogP contribution < -0.4 is 0 Å². The fourth-order valence-corrected chi connectivity index (χ4v) is 9.02. The highest BCUT2D eigenvalue weighted by atomic mass is 32.2. The molecule has 2 fully saturated rings. The molecule has 0 bridgehead atoms. The zero-order valence-corrected chi connectivity index (χ0v) is 17.2. The number of aliphatic hydroxyl groups is 1. The number of rotatable bonds is 4. The van der Waals surface area contributed by atoms with Crippen LogP contribution in [0.3, 0.4) is 0 Å². The first-order valence-corrected chi connectivity index (χ1v) is 12.0. The molecule has 3 atom stereocenters. The van der Waals surface area contributed by atoms with E-state index in [0.29, 0.717) is 5.92 Å². The predicted octanol–water partition coefficient (Wildman–Crippen LogP) is 4.59. The van der Waals surface area contributed by atoms with Gasteiger partial charge in [0.05, 0.1) is 23.4 Å². The van der Waals surface area contributed by atoms with E-state index in [-0.39, 0.29) is 21.9 Å². The lowest BCUT2D eigenvalue weighted by Gasteiger charge is -2.49. The number of allylic oxidation sites excluding steroid dienone is 1. The molecule has 2 heterocycles. The van der Waals surface area contributed by atoms with Gasteiger partial charge in [0.25, 0.3) is 0 Å². The Morgan fingerprint density at radius 3 is 2.64 bits per heavy atom. The Labute approximate surface area is 160 Å². The second kappa shape index (κ2) is 7.38. The van der Waals surface area contributed by atoms with Gasteiger partial charge in [0, 0.05) is 23.3 Å². The quantitative estimate of drug-likeness (QED) is 0.718. The maximum atomic E-state index is 11.4. The summed E-state index contributed by atoms with van der Waals surface area (Å²) in [6.45, 7) is 6.29. The van der Waals surface area contributed by atoms with Crippen molar-refractivity contribution in [2.45, 2.75) is 75.3 Å². The Balaban J connectivity index is 1.55. The van der Waals surface area contributed by atoms with Gasteiger partial charge in [-0.25, -0.2) is 0 Å². The van der Waals surface area contributed by atoms with Crippen LogP contribution in [0.15, 0.2) is 11.1 Å². The number of thioether (sulfide) groups is 2. The maximum absolute atomic E-state index is 11.4. The largest absolute Gasteiger partial charge is 0.392 e. The van der Waals surface area contributed by atoms with Crippen molar-refractivity contribution in [3.05, 3.63) is 11.1 Å². The highest BCUT2D eigenvalue weighted by Gasteiger charge is 2.56. The zero-order valence-electron chi connectivity index (χ0n) is 15.6. The molecule has 0 aromatic rings. The van der Waals surface area contributed by atoms with Gasteiger partial charge in [-0.1, -0.05) is 19.4 Å². The summed E-state index contributed by atoms with van der Waals surface area (Å²) in [4.78, 5) is 0. The molecule has 142 valence electrons. The van der Waals surface area contributed by atoms with Crippen LogP contribution in [0.2, 0.25) is 0 Å². The third-order valence-corrected chi connectivity index (χ3v) is 10.5. The molecule has 2 aliphatic heterocycles. The van der Waals surface area contributed by atoms with E-state index in [0.717, 1.165) is 32.5 Å². The molecule has 0 unspecified atom stereocenters. The molecule has 0 amide bonds. The van der Waals surface area contributed by atoms with Gasteiger partial charge in [0.1, 0.15) is 0 Å². The van der Waals surface area contributed by atoms with Crippen LogP contribution in [0.5, 0.6) is 0 Å². The monoisotopic (exact) mass is 384 g/mol. The predicted molar refractivity (Wildman–Crippen MR) is 106 cm³/mol. The second-order valence-electron chi connectivity index (χ2n) is 8.27. The molecule has 4 aliphatic rings. The van der Waals surface area contributed by atoms with Gasteiger partial charge in [-0.3, -0.25) is 0 Å². The van der Waals surface area contributed by atoms with Crippen LogP contribution in [-0.2, 0) is 9.47 Å². The van der Waals surface area contributed by atoms with E-state index in [4.69, 9.17) is 9.47 Å². The average molecular weight is 385 g/mol. The van der Waals surface area contributed by atoms with Crippen molar-refractivity contribution >= 4 is 23.5 Å². The lowest BCUT2D eigenvalue weighted by Crippen LogP contribution is -2.46. The minimum Gasteiger partial charge on any atom is -0.392 e. The summed E-state index contributed by atoms with van der Waals surface area (Å²) in [6.07, 6.45) is 7.13. The van der Waals surface area contributed by atoms with Gasteiger partial charge in [-0.2, -0.15) is 0 Å². The fraction of sp³-hybridized carbons (Fsp3) is 0.900. The Morgan fingerprint density at radius 2 is 1.92 bits per heavy atom. The van der Waals surface area contributed by atoms with E-state index in [2.05, 4.69) is 37.4 Å². The molecule has 2 aliphatic carbocycles. The summed E-state index contributed by atoms with van der Waals surface area (Å²) < 4.78 is 11.7. The van der Waals surface area contributed by atoms with E-state index in [9.17, 15) is 5.11 Å². The molecule has 25 heavy (non-hydrogen) atoms. The summed E-state index contributed by atoms with van der Waals surface area (Å²) in [5, 5.41) is 11.4. The zero-order chi connectivity index (χ0) is 17.5. The topological polar surface area (TPSA) is 38.7 Å². The van der Waals surface area contributed by atoms with Gasteiger partial charge in [0.2, 0.25) is 0 Å². The molecular weight excluding hydrogens is 352 g/mol. The number of hydrogen-bond acceptors (Lipinski definition) is 5. The molecule has 2 saturated heterocycles. The minimum atomic E-state index is -0.307. The first kappa shape index (κ1) is 18.7. The Hall–Kier alpha value is 0.320. The minimum absolute atomic E-state index is 0.0942. The summed E-state index contributed by atoms with van der Waals surface area (Å²) in [5.74, 6) is 3.04. The van der Waals surface area contributed by atoms with Crippen molar-refractivity contribution in [3.63, 3.8) is 0 Å². The van der Waals surface area contributed by atoms with Crippen LogP contribution in [0.25, 0.3) is 0 Å². The van der Waals surface area contributed by atoms with E-state index < -0.39 is 0 Å². The Morgan fingerprint density at radius 1 is 1.20 bits per heavy atom. The van der Waals surface area contributed by atoms with Crippen molar-refractivity contribution < 1.29 is 14.6 Å². The van der Waals surface area contributed by atoms with Gasteiger partial charge in [-0.05, 0) is 50.0 Å². The van der Waals surface area contributed by atoms with Crippen LogP contribution in [0.1, 0.15) is 58.8 Å². The van der Waals surface area contributed by atoms with Gasteiger partial charge in [0.15, 0.2) is 6.29 Å². The molecular formula is C20H32O3S2. The van der Waals surface area contributed by atoms with E-state index in [1.54, 1.807) is 11.1 Å². The smallest absolute Gasteiger partial charge is 0.157 e. The van der Waals surface area contributed by atoms with Crippen LogP contribution >= 0.6 is 23.5 Å². The van der Waals surface area contributed by atoms with E-state index in [1.165, 1.54) is 37.2 Å². The first-order valence-electron chi connectivity index (χ1n) is 9.98. The van der Waals surface area contributed by atoms with Crippen LogP contribution in [0, 0.1) is 11.3 Å². The molecule has 0 aromatic heterocycles. The number of hydrogen-bond donors (Lipinski definition) is 1. The van der Waals surface area contributed by atoms with E-state index >= 15 is 0 Å². The molecule has 0 saturated carbocycles. The van der Waals surface area contributed by atoms with Gasteiger partial charge in [-0.15, -0.1) is 23.5 Å². The summed E-state index contributed by atoms with van der Waals surface area (Å²) in [6, 6.07) is 0. The third kappa shape index (κ3) is 3.22. The fourth-order valence-electron chi connectivity index (χ4n) is 5.35. The summed E-state index contributed by atoms with van der Waals surface area (Å²) in [5.41, 5.74) is 3.21. The van der Waals surface area contributed by atoms with Crippen molar-refractivity contribution in [2.75, 3.05) is 24.7 Å². The standard InChI is InChI=1S/C20H32O3S2/c1-14-4-5-15-8-9-20(24-12-13-25-20)18(15)19(14,2)16(21)6-7-17-22-10-3-11-23-17/h14,16-17,21H,3-13H2,1-2H3/t14-,16+,19+/m1/s1. The Kier molecular flexibility index (Phi) is 5.52. The van der Waals surface area contributed by atoms with Crippen molar-refractivity contribution in [1.82, 2.24) is 0 Å². The number of aliphatic hydroxyl groups excluding tert-OH is 1.